The van der Waals surface area contributed by atoms with Crippen LogP contribution in [0.15, 0.2) is 18.2 Å². The van der Waals surface area contributed by atoms with Crippen molar-refractivity contribution in [1.82, 2.24) is 0 Å². The van der Waals surface area contributed by atoms with E-state index >= 15 is 0 Å². The summed E-state index contributed by atoms with van der Waals surface area (Å²) in [6, 6.07) is 5.98. The minimum absolute atomic E-state index is 0.148. The van der Waals surface area contributed by atoms with Crippen LogP contribution in [0.3, 0.4) is 0 Å². The minimum Gasteiger partial charge on any atom is -0.492 e. The van der Waals surface area contributed by atoms with E-state index in [1.54, 1.807) is 0 Å². The molecule has 0 saturated carbocycles. The topological polar surface area (TPSA) is 18.5 Å². The summed E-state index contributed by atoms with van der Waals surface area (Å²) in [5, 5.41) is 0.674. The molecule has 0 amide bonds. The predicted octanol–water partition coefficient (Wildman–Crippen LogP) is 4.86. The fourth-order valence-electron chi connectivity index (χ4n) is 2.25. The fourth-order valence-corrected chi connectivity index (χ4v) is 2.49. The van der Waals surface area contributed by atoms with Crippen molar-refractivity contribution in [2.24, 2.45) is 11.3 Å². The molecule has 1 atom stereocenters. The van der Waals surface area contributed by atoms with Gasteiger partial charge in [0, 0.05) is 5.41 Å². The summed E-state index contributed by atoms with van der Waals surface area (Å²) in [7, 11) is 0. The molecule has 0 N–H and O–H groups in total. The molecule has 1 aliphatic heterocycles. The highest BCUT2D eigenvalue weighted by Crippen LogP contribution is 2.46. The number of rotatable bonds is 5. The first-order valence-electron chi connectivity index (χ1n) is 6.94. The molecule has 1 saturated heterocycles. The van der Waals surface area contributed by atoms with E-state index in [1.165, 1.54) is 0 Å². The number of hydrogen-bond donors (Lipinski definition) is 0. The Labute approximate surface area is 121 Å². The van der Waals surface area contributed by atoms with Crippen LogP contribution in [-0.2, 0) is 4.74 Å². The van der Waals surface area contributed by atoms with Crippen molar-refractivity contribution in [3.05, 3.63) is 28.8 Å². The monoisotopic (exact) mass is 282 g/mol. The Morgan fingerprint density at radius 3 is 2.63 bits per heavy atom. The summed E-state index contributed by atoms with van der Waals surface area (Å²) in [4.78, 5) is 0. The molecule has 0 radical (unpaired) electrons. The highest BCUT2D eigenvalue weighted by molar-refractivity contribution is 6.32. The molecule has 1 fully saturated rings. The van der Waals surface area contributed by atoms with E-state index in [4.69, 9.17) is 21.1 Å². The van der Waals surface area contributed by atoms with Gasteiger partial charge in [0.1, 0.15) is 5.75 Å². The lowest BCUT2D eigenvalue weighted by Gasteiger charge is -2.44. The quantitative estimate of drug-likeness (QED) is 0.768. The van der Waals surface area contributed by atoms with Crippen LogP contribution >= 0.6 is 11.6 Å². The molecular formula is C16H23ClO2. The Balaban J connectivity index is 2.01. The first-order valence-corrected chi connectivity index (χ1v) is 7.32. The van der Waals surface area contributed by atoms with Crippen molar-refractivity contribution in [3.8, 4) is 5.75 Å². The lowest BCUT2D eigenvalue weighted by molar-refractivity contribution is -0.172. The molecule has 1 aromatic carbocycles. The second-order valence-electron chi connectivity index (χ2n) is 6.40. The van der Waals surface area contributed by atoms with Crippen LogP contribution in [0.4, 0.5) is 0 Å². The zero-order chi connectivity index (χ0) is 14.0. The summed E-state index contributed by atoms with van der Waals surface area (Å²) < 4.78 is 11.4. The molecule has 1 aromatic rings. The summed E-state index contributed by atoms with van der Waals surface area (Å²) in [5.74, 6) is 1.41. The molecule has 0 bridgehead atoms. The summed E-state index contributed by atoms with van der Waals surface area (Å²) in [6.45, 7) is 10.3. The maximum absolute atomic E-state index is 6.28. The zero-order valence-corrected chi connectivity index (χ0v) is 13.0. The summed E-state index contributed by atoms with van der Waals surface area (Å²) >= 11 is 6.28. The Morgan fingerprint density at radius 1 is 1.42 bits per heavy atom. The van der Waals surface area contributed by atoms with Crippen LogP contribution in [0.25, 0.3) is 0 Å². The average Bonchev–Trinajstić information content (AvgIpc) is 2.30. The van der Waals surface area contributed by atoms with Gasteiger partial charge in [-0.1, -0.05) is 45.4 Å². The maximum Gasteiger partial charge on any atom is 0.137 e. The standard InChI is InChI=1S/C16H23ClO2/c1-11(2)7-8-18-14-6-5-12(9-13(14)17)15-16(3,4)10-19-15/h5-6,9,11,15H,7-8,10H2,1-4H3. The predicted molar refractivity (Wildman–Crippen MR) is 78.9 cm³/mol. The van der Waals surface area contributed by atoms with Crippen molar-refractivity contribution in [1.29, 1.82) is 0 Å². The van der Waals surface area contributed by atoms with E-state index < -0.39 is 0 Å². The van der Waals surface area contributed by atoms with Gasteiger partial charge in [0.15, 0.2) is 0 Å². The van der Waals surface area contributed by atoms with Gasteiger partial charge in [-0.25, -0.2) is 0 Å². The molecule has 0 spiro atoms. The molecule has 0 aromatic heterocycles. The van der Waals surface area contributed by atoms with Crippen molar-refractivity contribution in [2.75, 3.05) is 13.2 Å². The molecule has 19 heavy (non-hydrogen) atoms. The number of benzene rings is 1. The smallest absolute Gasteiger partial charge is 0.137 e. The number of halogens is 1. The summed E-state index contributed by atoms with van der Waals surface area (Å²) in [6.07, 6.45) is 1.19. The van der Waals surface area contributed by atoms with Crippen molar-refractivity contribution >= 4 is 11.6 Å². The maximum atomic E-state index is 6.28. The van der Waals surface area contributed by atoms with E-state index in [9.17, 15) is 0 Å². The second-order valence-corrected chi connectivity index (χ2v) is 6.81. The van der Waals surface area contributed by atoms with E-state index in [0.717, 1.165) is 24.3 Å². The van der Waals surface area contributed by atoms with Gasteiger partial charge in [0.25, 0.3) is 0 Å². The Hall–Kier alpha value is -0.730. The molecule has 2 rings (SSSR count). The molecule has 1 unspecified atom stereocenters. The molecule has 106 valence electrons. The first kappa shape index (κ1) is 14.7. The normalized spacial score (nSPS) is 21.3. The van der Waals surface area contributed by atoms with Gasteiger partial charge in [0.2, 0.25) is 0 Å². The number of hydrogen-bond acceptors (Lipinski definition) is 2. The second kappa shape index (κ2) is 5.72. The number of ether oxygens (including phenoxy) is 2. The van der Waals surface area contributed by atoms with Crippen molar-refractivity contribution < 1.29 is 9.47 Å². The van der Waals surface area contributed by atoms with E-state index in [2.05, 4.69) is 33.8 Å². The third kappa shape index (κ3) is 3.43. The Kier molecular flexibility index (Phi) is 4.42. The van der Waals surface area contributed by atoms with Crippen molar-refractivity contribution in [3.63, 3.8) is 0 Å². The highest BCUT2D eigenvalue weighted by Gasteiger charge is 2.41. The average molecular weight is 283 g/mol. The van der Waals surface area contributed by atoms with Gasteiger partial charge >= 0.3 is 0 Å². The molecule has 3 heteroatoms. The van der Waals surface area contributed by atoms with E-state index in [-0.39, 0.29) is 11.5 Å². The fraction of sp³-hybridized carbons (Fsp3) is 0.625. The molecule has 2 nitrogen and oxygen atoms in total. The first-order chi connectivity index (χ1) is 8.90. The molecule has 0 aliphatic carbocycles. The van der Waals surface area contributed by atoms with Crippen LogP contribution in [-0.4, -0.2) is 13.2 Å². The zero-order valence-electron chi connectivity index (χ0n) is 12.2. The SMILES string of the molecule is CC(C)CCOc1ccc(C2OCC2(C)C)cc1Cl. The molecule has 1 heterocycles. The largest absolute Gasteiger partial charge is 0.492 e. The van der Waals surface area contributed by atoms with Crippen molar-refractivity contribution in [2.45, 2.75) is 40.2 Å². The van der Waals surface area contributed by atoms with Crippen LogP contribution < -0.4 is 4.74 Å². The van der Waals surface area contributed by atoms with Gasteiger partial charge in [-0.15, -0.1) is 0 Å². The van der Waals surface area contributed by atoms with E-state index in [0.29, 0.717) is 17.5 Å². The summed E-state index contributed by atoms with van der Waals surface area (Å²) in [5.41, 5.74) is 1.33. The molecular weight excluding hydrogens is 260 g/mol. The Morgan fingerprint density at radius 2 is 2.16 bits per heavy atom. The Bertz CT molecular complexity index is 440. The van der Waals surface area contributed by atoms with Gasteiger partial charge in [-0.05, 0) is 30.0 Å². The van der Waals surface area contributed by atoms with Crippen LogP contribution in [0.5, 0.6) is 5.75 Å². The van der Waals surface area contributed by atoms with Crippen LogP contribution in [0.1, 0.15) is 45.8 Å². The molecule has 1 aliphatic rings. The van der Waals surface area contributed by atoms with Crippen LogP contribution in [0, 0.1) is 11.3 Å². The lowest BCUT2D eigenvalue weighted by Crippen LogP contribution is -2.40. The van der Waals surface area contributed by atoms with Gasteiger partial charge in [-0.3, -0.25) is 0 Å². The van der Waals surface area contributed by atoms with Gasteiger partial charge in [-0.2, -0.15) is 0 Å². The third-order valence-corrected chi connectivity index (χ3v) is 3.84. The third-order valence-electron chi connectivity index (χ3n) is 3.54. The van der Waals surface area contributed by atoms with Gasteiger partial charge in [0.05, 0.1) is 24.3 Å². The van der Waals surface area contributed by atoms with Gasteiger partial charge < -0.3 is 9.47 Å². The highest BCUT2D eigenvalue weighted by atomic mass is 35.5. The van der Waals surface area contributed by atoms with Crippen LogP contribution in [0.2, 0.25) is 5.02 Å². The minimum atomic E-state index is 0.148. The lowest BCUT2D eigenvalue weighted by atomic mass is 9.79. The van der Waals surface area contributed by atoms with E-state index in [1.807, 2.05) is 12.1 Å².